The van der Waals surface area contributed by atoms with Gasteiger partial charge in [-0.15, -0.1) is 0 Å². The van der Waals surface area contributed by atoms with Crippen molar-refractivity contribution in [2.75, 3.05) is 39.8 Å². The SMILES string of the molecule is CN1CCN(C23CC2C=Cc2nc(CN(CC4CC4)[C@@H]4CCCc5cccnc54)[nH]c23)CC1. The van der Waals surface area contributed by atoms with Crippen LogP contribution in [-0.4, -0.2) is 69.4 Å². The van der Waals surface area contributed by atoms with Crippen LogP contribution in [-0.2, 0) is 18.5 Å². The third kappa shape index (κ3) is 3.49. The number of hydrogen-bond donors (Lipinski definition) is 1. The summed E-state index contributed by atoms with van der Waals surface area (Å²) in [6.45, 7) is 6.73. The van der Waals surface area contributed by atoms with E-state index in [1.54, 1.807) is 0 Å². The zero-order valence-corrected chi connectivity index (χ0v) is 19.8. The molecule has 2 aromatic heterocycles. The molecule has 33 heavy (non-hydrogen) atoms. The lowest BCUT2D eigenvalue weighted by atomic mass is 9.90. The molecule has 5 aliphatic rings. The quantitative estimate of drug-likeness (QED) is 0.738. The molecular weight excluding hydrogens is 408 g/mol. The van der Waals surface area contributed by atoms with Gasteiger partial charge in [-0.25, -0.2) is 4.98 Å². The minimum absolute atomic E-state index is 0.177. The van der Waals surface area contributed by atoms with Crippen molar-refractivity contribution < 1.29 is 0 Å². The topological polar surface area (TPSA) is 51.3 Å². The molecule has 6 nitrogen and oxygen atoms in total. The molecule has 4 aliphatic carbocycles. The molecule has 3 atom stereocenters. The molecule has 1 aliphatic heterocycles. The van der Waals surface area contributed by atoms with Crippen molar-refractivity contribution in [2.45, 2.75) is 56.7 Å². The molecule has 3 fully saturated rings. The Morgan fingerprint density at radius 2 is 2.06 bits per heavy atom. The second-order valence-corrected chi connectivity index (χ2v) is 11.2. The highest BCUT2D eigenvalue weighted by Gasteiger charge is 2.61. The summed E-state index contributed by atoms with van der Waals surface area (Å²) < 4.78 is 0. The predicted octanol–water partition coefficient (Wildman–Crippen LogP) is 3.58. The van der Waals surface area contributed by atoms with Gasteiger partial charge in [-0.2, -0.15) is 0 Å². The fourth-order valence-electron chi connectivity index (χ4n) is 6.76. The average Bonchev–Trinajstić information content (AvgIpc) is 3.76. The molecule has 0 bridgehead atoms. The molecule has 2 aromatic rings. The van der Waals surface area contributed by atoms with Crippen molar-refractivity contribution in [3.05, 3.63) is 52.9 Å². The van der Waals surface area contributed by atoms with Gasteiger partial charge in [0.05, 0.1) is 35.2 Å². The zero-order valence-electron chi connectivity index (χ0n) is 19.8. The van der Waals surface area contributed by atoms with Gasteiger partial charge in [0, 0.05) is 44.8 Å². The van der Waals surface area contributed by atoms with Crippen LogP contribution >= 0.6 is 0 Å². The van der Waals surface area contributed by atoms with E-state index in [4.69, 9.17) is 9.97 Å². The van der Waals surface area contributed by atoms with Crippen LogP contribution < -0.4 is 0 Å². The van der Waals surface area contributed by atoms with Crippen molar-refractivity contribution in [3.63, 3.8) is 0 Å². The number of piperazine rings is 1. The molecule has 0 aromatic carbocycles. The fourth-order valence-corrected chi connectivity index (χ4v) is 6.76. The van der Waals surface area contributed by atoms with E-state index in [1.807, 2.05) is 6.20 Å². The number of nitrogens with one attached hydrogen (secondary N) is 1. The fraction of sp³-hybridized carbons (Fsp3) is 0.630. The van der Waals surface area contributed by atoms with Gasteiger partial charge < -0.3 is 9.88 Å². The van der Waals surface area contributed by atoms with Gasteiger partial charge in [0.1, 0.15) is 5.82 Å². The summed E-state index contributed by atoms with van der Waals surface area (Å²) in [6.07, 6.45) is 14.3. The first-order valence-electron chi connectivity index (χ1n) is 13.1. The number of likely N-dealkylation sites (N-methyl/N-ethyl adjacent to an activating group) is 1. The molecule has 7 rings (SSSR count). The molecule has 2 saturated carbocycles. The molecule has 0 amide bonds. The molecule has 2 unspecified atom stereocenters. The molecular formula is C27H36N6. The second-order valence-electron chi connectivity index (χ2n) is 11.2. The van der Waals surface area contributed by atoms with E-state index in [0.29, 0.717) is 12.0 Å². The number of rotatable bonds is 6. The number of imidazole rings is 1. The summed E-state index contributed by atoms with van der Waals surface area (Å²) >= 11 is 0. The van der Waals surface area contributed by atoms with Crippen molar-refractivity contribution >= 4 is 6.08 Å². The van der Waals surface area contributed by atoms with E-state index in [-0.39, 0.29) is 5.54 Å². The second kappa shape index (κ2) is 7.76. The highest BCUT2D eigenvalue weighted by molar-refractivity contribution is 5.59. The lowest BCUT2D eigenvalue weighted by molar-refractivity contribution is 0.0893. The van der Waals surface area contributed by atoms with E-state index in [9.17, 15) is 0 Å². The summed E-state index contributed by atoms with van der Waals surface area (Å²) in [6, 6.07) is 4.81. The number of hydrogen-bond acceptors (Lipinski definition) is 5. The summed E-state index contributed by atoms with van der Waals surface area (Å²) in [5.41, 5.74) is 5.52. The van der Waals surface area contributed by atoms with Crippen molar-refractivity contribution in [1.82, 2.24) is 29.7 Å². The van der Waals surface area contributed by atoms with Gasteiger partial charge in [0.2, 0.25) is 0 Å². The Morgan fingerprint density at radius 3 is 2.91 bits per heavy atom. The Kier molecular flexibility index (Phi) is 4.78. The van der Waals surface area contributed by atoms with E-state index < -0.39 is 0 Å². The Balaban J connectivity index is 1.17. The van der Waals surface area contributed by atoms with Gasteiger partial charge in [-0.3, -0.25) is 14.8 Å². The first-order chi connectivity index (χ1) is 16.2. The minimum Gasteiger partial charge on any atom is -0.343 e. The van der Waals surface area contributed by atoms with Gasteiger partial charge >= 0.3 is 0 Å². The van der Waals surface area contributed by atoms with Gasteiger partial charge in [0.15, 0.2) is 0 Å². The number of pyridine rings is 1. The zero-order chi connectivity index (χ0) is 22.0. The molecule has 6 heteroatoms. The van der Waals surface area contributed by atoms with Gasteiger partial charge in [0.25, 0.3) is 0 Å². The van der Waals surface area contributed by atoms with Crippen LogP contribution in [0, 0.1) is 11.8 Å². The van der Waals surface area contributed by atoms with Crippen molar-refractivity contribution in [3.8, 4) is 0 Å². The van der Waals surface area contributed by atoms with E-state index in [1.165, 1.54) is 67.7 Å². The summed E-state index contributed by atoms with van der Waals surface area (Å²) in [5.74, 6) is 2.65. The molecule has 1 saturated heterocycles. The Labute approximate surface area is 197 Å². The molecule has 0 radical (unpaired) electrons. The largest absolute Gasteiger partial charge is 0.343 e. The number of fused-ring (bicyclic) bond motifs is 4. The standard InChI is InChI=1S/C27H36N6/c1-31-12-14-33(15-13-31)27-16-21(27)9-10-22-26(27)30-24(29-22)18-32(17-19-7-8-19)23-6-2-4-20-5-3-11-28-25(20)23/h3,5,9-11,19,21,23H,2,4,6-8,12-18H2,1H3,(H,29,30)/t21?,23-,27?/m1/s1. The van der Waals surface area contributed by atoms with Crippen LogP contribution in [0.5, 0.6) is 0 Å². The summed E-state index contributed by atoms with van der Waals surface area (Å²) in [4.78, 5) is 21.8. The summed E-state index contributed by atoms with van der Waals surface area (Å²) in [5, 5.41) is 0. The highest BCUT2D eigenvalue weighted by atomic mass is 15.3. The Bertz CT molecular complexity index is 1060. The van der Waals surface area contributed by atoms with Crippen LogP contribution in [0.15, 0.2) is 24.4 Å². The lowest BCUT2D eigenvalue weighted by Crippen LogP contribution is -2.50. The molecule has 174 valence electrons. The third-order valence-corrected chi connectivity index (χ3v) is 8.90. The first kappa shape index (κ1) is 20.4. The van der Waals surface area contributed by atoms with Crippen LogP contribution in [0.3, 0.4) is 0 Å². The highest BCUT2D eigenvalue weighted by Crippen LogP contribution is 2.60. The van der Waals surface area contributed by atoms with Gasteiger partial charge in [-0.05, 0) is 69.2 Å². The third-order valence-electron chi connectivity index (χ3n) is 8.90. The van der Waals surface area contributed by atoms with Crippen LogP contribution in [0.4, 0.5) is 0 Å². The van der Waals surface area contributed by atoms with Gasteiger partial charge in [-0.1, -0.05) is 12.1 Å². The minimum atomic E-state index is 0.177. The van der Waals surface area contributed by atoms with E-state index >= 15 is 0 Å². The van der Waals surface area contributed by atoms with Crippen LogP contribution in [0.1, 0.15) is 66.6 Å². The maximum absolute atomic E-state index is 5.16. The molecule has 3 heterocycles. The lowest BCUT2D eigenvalue weighted by Gasteiger charge is -2.39. The van der Waals surface area contributed by atoms with Crippen molar-refractivity contribution in [2.24, 2.45) is 11.8 Å². The Morgan fingerprint density at radius 1 is 1.18 bits per heavy atom. The monoisotopic (exact) mass is 444 g/mol. The maximum Gasteiger partial charge on any atom is 0.121 e. The molecule has 0 spiro atoms. The van der Waals surface area contributed by atoms with Crippen LogP contribution in [0.2, 0.25) is 0 Å². The maximum atomic E-state index is 5.16. The smallest absolute Gasteiger partial charge is 0.121 e. The van der Waals surface area contributed by atoms with Crippen LogP contribution in [0.25, 0.3) is 6.08 Å². The molecule has 1 N–H and O–H groups in total. The predicted molar refractivity (Wildman–Crippen MR) is 130 cm³/mol. The first-order valence-corrected chi connectivity index (χ1v) is 13.1. The van der Waals surface area contributed by atoms with Crippen molar-refractivity contribution in [1.29, 1.82) is 0 Å². The van der Waals surface area contributed by atoms with E-state index in [0.717, 1.165) is 44.5 Å². The van der Waals surface area contributed by atoms with E-state index in [2.05, 4.69) is 51.0 Å². The Hall–Kier alpha value is -2.02. The number of H-pyrrole nitrogens is 1. The number of aromatic nitrogens is 3. The summed E-state index contributed by atoms with van der Waals surface area (Å²) in [7, 11) is 2.24. The normalized spacial score (nSPS) is 31.3. The number of nitrogens with zero attached hydrogens (tertiary/aromatic N) is 5. The average molecular weight is 445 g/mol. The number of aromatic amines is 1. The number of aryl methyl sites for hydroxylation is 1.